The van der Waals surface area contributed by atoms with Crippen molar-refractivity contribution >= 4 is 13.7 Å². The van der Waals surface area contributed by atoms with Crippen LogP contribution in [-0.4, -0.2) is 68.5 Å². The number of carbonyl (C=O) groups excluding carboxylic acids is 1. The van der Waals surface area contributed by atoms with Crippen molar-refractivity contribution in [1.82, 2.24) is 5.32 Å². The van der Waals surface area contributed by atoms with Gasteiger partial charge in [0, 0.05) is 6.42 Å². The lowest BCUT2D eigenvalue weighted by Crippen LogP contribution is -2.46. The summed E-state index contributed by atoms with van der Waals surface area (Å²) in [6.45, 7) is 4.62. The fraction of sp³-hybridized carbons (Fsp3) is 0.767. The molecule has 2 N–H and O–H groups in total. The van der Waals surface area contributed by atoms with Crippen LogP contribution in [0.25, 0.3) is 0 Å². The number of amides is 1. The maximum absolute atomic E-state index is 13.1. The van der Waals surface area contributed by atoms with Gasteiger partial charge in [-0.1, -0.05) is 323 Å². The fourth-order valence-electron chi connectivity index (χ4n) is 10.0. The third-order valence-electron chi connectivity index (χ3n) is 15.3. The molecular formula is C73H133N2O6P. The van der Waals surface area contributed by atoms with Crippen LogP contribution in [0.1, 0.15) is 309 Å². The van der Waals surface area contributed by atoms with Gasteiger partial charge >= 0.3 is 0 Å². The summed E-state index contributed by atoms with van der Waals surface area (Å²) in [6, 6.07) is -0.818. The Morgan fingerprint density at radius 2 is 0.744 bits per heavy atom. The molecule has 1 amide bonds. The third-order valence-corrected chi connectivity index (χ3v) is 16.3. The minimum atomic E-state index is -4.59. The first-order chi connectivity index (χ1) is 40.0. The number of aliphatic hydroxyl groups is 1. The van der Waals surface area contributed by atoms with E-state index >= 15 is 0 Å². The predicted molar refractivity (Wildman–Crippen MR) is 357 cm³/mol. The van der Waals surface area contributed by atoms with Crippen LogP contribution in [0.3, 0.4) is 0 Å². The molecule has 9 heteroatoms. The number of unbranched alkanes of at least 4 members (excludes halogenated alkanes) is 34. The van der Waals surface area contributed by atoms with Gasteiger partial charge in [0.05, 0.1) is 39.9 Å². The molecular weight excluding hydrogens is 1030 g/mol. The van der Waals surface area contributed by atoms with Gasteiger partial charge in [0.25, 0.3) is 7.82 Å². The molecule has 0 aromatic carbocycles. The molecule has 3 atom stereocenters. The molecule has 8 nitrogen and oxygen atoms in total. The molecule has 82 heavy (non-hydrogen) atoms. The van der Waals surface area contributed by atoms with Gasteiger partial charge in [-0.05, 0) is 77.0 Å². The number of phosphoric ester groups is 1. The van der Waals surface area contributed by atoms with Crippen LogP contribution in [0.5, 0.6) is 0 Å². The Morgan fingerprint density at radius 1 is 0.439 bits per heavy atom. The van der Waals surface area contributed by atoms with Crippen LogP contribution in [-0.2, 0) is 18.4 Å². The van der Waals surface area contributed by atoms with E-state index in [1.807, 2.05) is 21.1 Å². The topological polar surface area (TPSA) is 108 Å². The van der Waals surface area contributed by atoms with Crippen molar-refractivity contribution in [3.8, 4) is 0 Å². The average Bonchev–Trinajstić information content (AvgIpc) is 3.47. The fourth-order valence-corrected chi connectivity index (χ4v) is 10.7. The van der Waals surface area contributed by atoms with E-state index in [-0.39, 0.29) is 19.1 Å². The highest BCUT2D eigenvalue weighted by Gasteiger charge is 2.24. The van der Waals surface area contributed by atoms with Crippen LogP contribution in [0, 0.1) is 0 Å². The van der Waals surface area contributed by atoms with E-state index in [2.05, 4.69) is 116 Å². The van der Waals surface area contributed by atoms with E-state index < -0.39 is 20.0 Å². The summed E-state index contributed by atoms with van der Waals surface area (Å²) in [5.74, 6) is -0.179. The maximum Gasteiger partial charge on any atom is 0.268 e. The number of aliphatic hydroxyl groups excluding tert-OH is 1. The van der Waals surface area contributed by atoms with Gasteiger partial charge in [0.2, 0.25) is 5.91 Å². The second-order valence-electron chi connectivity index (χ2n) is 24.5. The van der Waals surface area contributed by atoms with E-state index in [0.717, 1.165) is 103 Å². The largest absolute Gasteiger partial charge is 0.756 e. The summed E-state index contributed by atoms with van der Waals surface area (Å²) in [7, 11) is 1.29. The number of nitrogens with one attached hydrogen (secondary N) is 1. The molecule has 0 rings (SSSR count). The van der Waals surface area contributed by atoms with E-state index in [1.54, 1.807) is 0 Å². The highest BCUT2D eigenvalue weighted by molar-refractivity contribution is 7.45. The van der Waals surface area contributed by atoms with Crippen molar-refractivity contribution in [2.75, 3.05) is 40.9 Å². The quantitative estimate of drug-likeness (QED) is 0.0272. The second kappa shape index (κ2) is 62.9. The van der Waals surface area contributed by atoms with Gasteiger partial charge in [-0.2, -0.15) is 0 Å². The Hall–Kier alpha value is -2.58. The molecule has 3 unspecified atom stereocenters. The van der Waals surface area contributed by atoms with Crippen LogP contribution in [0.4, 0.5) is 0 Å². The lowest BCUT2D eigenvalue weighted by molar-refractivity contribution is -0.870. The molecule has 0 bridgehead atoms. The minimum Gasteiger partial charge on any atom is -0.756 e. The Balaban J connectivity index is 4.13. The van der Waals surface area contributed by atoms with Crippen molar-refractivity contribution in [1.29, 1.82) is 0 Å². The molecule has 0 fully saturated rings. The van der Waals surface area contributed by atoms with Crippen LogP contribution < -0.4 is 10.2 Å². The normalized spacial score (nSPS) is 14.3. The van der Waals surface area contributed by atoms with Crippen LogP contribution >= 0.6 is 7.82 Å². The first kappa shape index (κ1) is 79.4. The Bertz CT molecular complexity index is 1660. The number of allylic oxidation sites excluding steroid dienone is 16. The molecule has 0 saturated heterocycles. The van der Waals surface area contributed by atoms with Gasteiger partial charge in [-0.3, -0.25) is 9.36 Å². The first-order valence-electron chi connectivity index (χ1n) is 34.6. The van der Waals surface area contributed by atoms with Crippen LogP contribution in [0.2, 0.25) is 0 Å². The molecule has 0 radical (unpaired) electrons. The highest BCUT2D eigenvalue weighted by Crippen LogP contribution is 2.38. The highest BCUT2D eigenvalue weighted by atomic mass is 31.2. The zero-order valence-corrected chi connectivity index (χ0v) is 55.3. The number of quaternary nitrogens is 1. The van der Waals surface area contributed by atoms with Gasteiger partial charge < -0.3 is 28.8 Å². The van der Waals surface area contributed by atoms with E-state index in [1.165, 1.54) is 180 Å². The first-order valence-corrected chi connectivity index (χ1v) is 36.0. The summed E-state index contributed by atoms with van der Waals surface area (Å²) in [5, 5.41) is 14.1. The molecule has 0 heterocycles. The maximum atomic E-state index is 13.1. The number of nitrogens with zero attached hydrogens (tertiary/aromatic N) is 1. The number of hydrogen-bond donors (Lipinski definition) is 2. The molecule has 0 aliphatic rings. The van der Waals surface area contributed by atoms with Gasteiger partial charge in [-0.15, -0.1) is 0 Å². The number of hydrogen-bond acceptors (Lipinski definition) is 6. The average molecular weight is 1170 g/mol. The zero-order chi connectivity index (χ0) is 59.8. The van der Waals surface area contributed by atoms with Gasteiger partial charge in [0.15, 0.2) is 0 Å². The number of phosphoric acid groups is 1. The van der Waals surface area contributed by atoms with Gasteiger partial charge in [0.1, 0.15) is 13.2 Å². The van der Waals surface area contributed by atoms with Crippen molar-refractivity contribution in [2.45, 2.75) is 321 Å². The molecule has 0 aromatic heterocycles. The number of carbonyl (C=O) groups is 1. The van der Waals surface area contributed by atoms with E-state index in [0.29, 0.717) is 23.9 Å². The van der Waals surface area contributed by atoms with Crippen molar-refractivity contribution in [3.05, 3.63) is 97.2 Å². The summed E-state index contributed by atoms with van der Waals surface area (Å²) >= 11 is 0. The Morgan fingerprint density at radius 3 is 1.09 bits per heavy atom. The van der Waals surface area contributed by atoms with Gasteiger partial charge in [-0.25, -0.2) is 0 Å². The lowest BCUT2D eigenvalue weighted by atomic mass is 10.0. The van der Waals surface area contributed by atoms with E-state index in [9.17, 15) is 19.4 Å². The van der Waals surface area contributed by atoms with Crippen LogP contribution in [0.15, 0.2) is 97.2 Å². The van der Waals surface area contributed by atoms with Crippen molar-refractivity contribution in [2.24, 2.45) is 0 Å². The summed E-state index contributed by atoms with van der Waals surface area (Å²) in [5.41, 5.74) is 0. The third kappa shape index (κ3) is 65.0. The Labute approximate surface area is 509 Å². The standard InChI is InChI=1S/C73H133N2O6P/c1-6-8-10-12-14-16-18-20-22-24-26-28-30-32-34-36-37-39-41-43-45-47-49-51-53-55-57-59-61-63-65-67-73(77)74-71(70-81-82(78,79)80-69-68-75(3,4)5)72(76)66-64-62-60-58-56-54-52-50-48-46-44-42-40-38-35-33-31-29-27-25-23-21-19-17-15-13-11-9-7-2/h8,10,14,16,20,22,26,28,32,34,37,39,43,45,49,51,71-72,76H,6-7,9,11-13,15,17-19,21,23-25,27,29-31,33,35-36,38,40-42,44,46-48,50,52-70H2,1-5H3,(H-,74,77,78,79)/b10-8-,16-14-,22-20-,28-26-,34-32-,39-37-,45-43-,51-49-. The molecule has 0 aliphatic heterocycles. The molecule has 0 spiro atoms. The molecule has 0 aromatic rings. The molecule has 0 saturated carbocycles. The predicted octanol–water partition coefficient (Wildman–Crippen LogP) is 21.5. The Kier molecular flexibility index (Phi) is 61.0. The summed E-state index contributed by atoms with van der Waals surface area (Å²) in [6.07, 6.45) is 90.5. The minimum absolute atomic E-state index is 0.00461. The number of likely N-dealkylation sites (N-methyl/N-ethyl adjacent to an activating group) is 1. The second-order valence-corrected chi connectivity index (χ2v) is 25.9. The van der Waals surface area contributed by atoms with E-state index in [4.69, 9.17) is 9.05 Å². The zero-order valence-electron chi connectivity index (χ0n) is 54.4. The van der Waals surface area contributed by atoms with Crippen molar-refractivity contribution < 1.29 is 32.9 Å². The van der Waals surface area contributed by atoms with Crippen molar-refractivity contribution in [3.63, 3.8) is 0 Å². The molecule has 476 valence electrons. The molecule has 0 aliphatic carbocycles. The summed E-state index contributed by atoms with van der Waals surface area (Å²) in [4.78, 5) is 25.7. The smallest absolute Gasteiger partial charge is 0.268 e. The number of rotatable bonds is 63. The summed E-state index contributed by atoms with van der Waals surface area (Å²) < 4.78 is 23.5. The lowest BCUT2D eigenvalue weighted by Gasteiger charge is -2.30. The monoisotopic (exact) mass is 1160 g/mol. The SMILES string of the molecule is CC/C=C\C/C=C\C/C=C\C/C=C\C/C=C\C/C=C\C/C=C\C/C=C\CCCCCCCCC(=O)NC(COP(=O)([O-])OCC[N+](C)(C)C)C(O)CCCCCCCCCCCCCCCCCCCCCCCCCCCCCCC.